The molecule has 0 spiro atoms. The summed E-state index contributed by atoms with van der Waals surface area (Å²) in [7, 11) is 3.18. The Bertz CT molecular complexity index is 1020. The van der Waals surface area contributed by atoms with Crippen LogP contribution >= 0.6 is 0 Å². The molecule has 4 rings (SSSR count). The minimum absolute atomic E-state index is 0.00871. The van der Waals surface area contributed by atoms with Crippen LogP contribution in [0.25, 0.3) is 11.4 Å². The smallest absolute Gasteiger partial charge is 0.232 e. The van der Waals surface area contributed by atoms with E-state index in [1.807, 2.05) is 12.1 Å². The molecule has 2 aromatic carbocycles. The average Bonchev–Trinajstić information content (AvgIpc) is 3.36. The van der Waals surface area contributed by atoms with E-state index in [1.54, 1.807) is 37.3 Å². The number of hydrogen-bond donors (Lipinski definition) is 0. The summed E-state index contributed by atoms with van der Waals surface area (Å²) < 4.78 is 29.1. The van der Waals surface area contributed by atoms with Crippen LogP contribution in [-0.4, -0.2) is 41.7 Å². The number of benzene rings is 2. The number of amides is 1. The second-order valence-electron chi connectivity index (χ2n) is 6.82. The van der Waals surface area contributed by atoms with Gasteiger partial charge in [0.25, 0.3) is 0 Å². The molecular weight excluding hydrogens is 377 g/mol. The number of halogens is 1. The lowest BCUT2D eigenvalue weighted by Gasteiger charge is -2.18. The Labute approximate surface area is 167 Å². The van der Waals surface area contributed by atoms with Gasteiger partial charge >= 0.3 is 0 Å². The number of carbonyl (C=O) groups excluding carboxylic acids is 1. The molecule has 8 heteroatoms. The van der Waals surface area contributed by atoms with Gasteiger partial charge in [-0.05, 0) is 36.4 Å². The van der Waals surface area contributed by atoms with E-state index in [0.29, 0.717) is 48.3 Å². The van der Waals surface area contributed by atoms with Crippen molar-refractivity contribution in [3.8, 4) is 22.9 Å². The first-order valence-corrected chi connectivity index (χ1v) is 9.15. The number of nitrogens with zero attached hydrogens (tertiary/aromatic N) is 3. The Morgan fingerprint density at radius 1 is 1.17 bits per heavy atom. The molecule has 0 N–H and O–H groups in total. The van der Waals surface area contributed by atoms with Gasteiger partial charge in [0.15, 0.2) is 0 Å². The molecule has 3 aromatic rings. The van der Waals surface area contributed by atoms with Gasteiger partial charge in [-0.1, -0.05) is 5.16 Å². The third-order valence-corrected chi connectivity index (χ3v) is 4.96. The summed E-state index contributed by atoms with van der Waals surface area (Å²) in [5.41, 5.74) is 1.55. The Balaban J connectivity index is 1.48. The quantitative estimate of drug-likeness (QED) is 0.634. The molecule has 7 nitrogen and oxygen atoms in total. The van der Waals surface area contributed by atoms with E-state index in [0.717, 1.165) is 5.56 Å². The minimum atomic E-state index is -0.330. The number of hydrogen-bond acceptors (Lipinski definition) is 6. The van der Waals surface area contributed by atoms with E-state index in [2.05, 4.69) is 10.1 Å². The summed E-state index contributed by atoms with van der Waals surface area (Å²) in [6.45, 7) is 0.889. The minimum Gasteiger partial charge on any atom is -0.497 e. The van der Waals surface area contributed by atoms with Crippen LogP contribution in [0.4, 0.5) is 4.39 Å². The van der Waals surface area contributed by atoms with Gasteiger partial charge in [0.05, 0.1) is 20.1 Å². The maximum absolute atomic E-state index is 13.1. The molecule has 1 amide bonds. The molecule has 1 atom stereocenters. The molecule has 150 valence electrons. The molecular formula is C21H20FN3O4. The number of ether oxygens (including phenoxy) is 2. The van der Waals surface area contributed by atoms with Crippen LogP contribution in [-0.2, 0) is 11.3 Å². The summed E-state index contributed by atoms with van der Waals surface area (Å²) in [6, 6.07) is 11.4. The Kier molecular flexibility index (Phi) is 5.16. The third kappa shape index (κ3) is 3.91. The largest absolute Gasteiger partial charge is 0.497 e. The first-order valence-electron chi connectivity index (χ1n) is 9.15. The molecule has 1 aliphatic heterocycles. The van der Waals surface area contributed by atoms with Gasteiger partial charge in [0, 0.05) is 36.7 Å². The molecule has 0 saturated carbocycles. The number of likely N-dealkylation sites (tertiary alicyclic amines) is 1. The summed E-state index contributed by atoms with van der Waals surface area (Å²) in [5, 5.41) is 3.97. The summed E-state index contributed by atoms with van der Waals surface area (Å²) in [4.78, 5) is 18.7. The summed E-state index contributed by atoms with van der Waals surface area (Å²) in [6.07, 6.45) is 0.295. The molecule has 1 aliphatic rings. The van der Waals surface area contributed by atoms with Crippen molar-refractivity contribution in [3.63, 3.8) is 0 Å². The highest BCUT2D eigenvalue weighted by Crippen LogP contribution is 2.32. The van der Waals surface area contributed by atoms with Crippen molar-refractivity contribution in [1.29, 1.82) is 0 Å². The predicted molar refractivity (Wildman–Crippen MR) is 102 cm³/mol. The van der Waals surface area contributed by atoms with Crippen molar-refractivity contribution in [1.82, 2.24) is 15.0 Å². The summed E-state index contributed by atoms with van der Waals surface area (Å²) >= 11 is 0. The third-order valence-electron chi connectivity index (χ3n) is 4.96. The Morgan fingerprint density at radius 3 is 2.69 bits per heavy atom. The number of carbonyl (C=O) groups is 1. The molecule has 1 aromatic heterocycles. The van der Waals surface area contributed by atoms with Gasteiger partial charge in [0.2, 0.25) is 17.6 Å². The van der Waals surface area contributed by atoms with E-state index in [-0.39, 0.29) is 17.6 Å². The second-order valence-corrected chi connectivity index (χ2v) is 6.82. The lowest BCUT2D eigenvalue weighted by molar-refractivity contribution is -0.128. The maximum atomic E-state index is 13.1. The molecule has 1 fully saturated rings. The normalized spacial score (nSPS) is 16.3. The van der Waals surface area contributed by atoms with Crippen LogP contribution in [0, 0.1) is 5.82 Å². The summed E-state index contributed by atoms with van der Waals surface area (Å²) in [5.74, 6) is 1.63. The zero-order valence-electron chi connectivity index (χ0n) is 16.1. The zero-order valence-corrected chi connectivity index (χ0v) is 16.1. The highest BCUT2D eigenvalue weighted by atomic mass is 19.1. The molecule has 0 bridgehead atoms. The molecule has 1 unspecified atom stereocenters. The SMILES string of the molecule is COc1ccc(CN2CC(c3nc(-c4ccc(F)cc4)no3)CC2=O)c(OC)c1. The Hall–Kier alpha value is -3.42. The van der Waals surface area contributed by atoms with E-state index >= 15 is 0 Å². The van der Waals surface area contributed by atoms with Crippen LogP contribution in [0.5, 0.6) is 11.5 Å². The lowest BCUT2D eigenvalue weighted by atomic mass is 10.1. The highest BCUT2D eigenvalue weighted by Gasteiger charge is 2.34. The maximum Gasteiger partial charge on any atom is 0.232 e. The first kappa shape index (κ1) is 18.9. The van der Waals surface area contributed by atoms with E-state index < -0.39 is 0 Å². The average molecular weight is 397 g/mol. The van der Waals surface area contributed by atoms with Gasteiger partial charge in [-0.25, -0.2) is 4.39 Å². The standard InChI is InChI=1S/C21H20FN3O4/c1-27-17-8-5-14(18(10-17)28-2)11-25-12-15(9-19(25)26)21-23-20(24-29-21)13-3-6-16(22)7-4-13/h3-8,10,15H,9,11-12H2,1-2H3. The fourth-order valence-electron chi connectivity index (χ4n) is 3.40. The molecule has 0 radical (unpaired) electrons. The van der Waals surface area contributed by atoms with Crippen molar-refractivity contribution in [2.75, 3.05) is 20.8 Å². The van der Waals surface area contributed by atoms with E-state index in [9.17, 15) is 9.18 Å². The van der Waals surface area contributed by atoms with Gasteiger partial charge in [-0.2, -0.15) is 4.98 Å². The van der Waals surface area contributed by atoms with E-state index in [1.165, 1.54) is 12.1 Å². The van der Waals surface area contributed by atoms with Crippen LogP contribution in [0.2, 0.25) is 0 Å². The van der Waals surface area contributed by atoms with Crippen molar-refractivity contribution < 1.29 is 23.2 Å². The van der Waals surface area contributed by atoms with Crippen LogP contribution in [0.3, 0.4) is 0 Å². The second kappa shape index (κ2) is 7.90. The van der Waals surface area contributed by atoms with Gasteiger partial charge in [-0.15, -0.1) is 0 Å². The first-order chi connectivity index (χ1) is 14.1. The van der Waals surface area contributed by atoms with Crippen LogP contribution in [0.1, 0.15) is 23.8 Å². The monoisotopic (exact) mass is 397 g/mol. The molecule has 1 saturated heterocycles. The molecule has 2 heterocycles. The Morgan fingerprint density at radius 2 is 1.97 bits per heavy atom. The number of methoxy groups -OCH3 is 2. The van der Waals surface area contributed by atoms with Gasteiger partial charge < -0.3 is 18.9 Å². The lowest BCUT2D eigenvalue weighted by Crippen LogP contribution is -2.24. The van der Waals surface area contributed by atoms with Crippen LogP contribution < -0.4 is 9.47 Å². The fraction of sp³-hybridized carbons (Fsp3) is 0.286. The predicted octanol–water partition coefficient (Wildman–Crippen LogP) is 3.41. The van der Waals surface area contributed by atoms with Crippen molar-refractivity contribution in [3.05, 3.63) is 59.7 Å². The van der Waals surface area contributed by atoms with Crippen LogP contribution in [0.15, 0.2) is 47.0 Å². The zero-order chi connectivity index (χ0) is 20.4. The van der Waals surface area contributed by atoms with Gasteiger partial charge in [-0.3, -0.25) is 4.79 Å². The molecule has 29 heavy (non-hydrogen) atoms. The fourth-order valence-corrected chi connectivity index (χ4v) is 3.40. The highest BCUT2D eigenvalue weighted by molar-refractivity contribution is 5.79. The van der Waals surface area contributed by atoms with E-state index in [4.69, 9.17) is 14.0 Å². The van der Waals surface area contributed by atoms with Gasteiger partial charge in [0.1, 0.15) is 17.3 Å². The topological polar surface area (TPSA) is 77.7 Å². The van der Waals surface area contributed by atoms with Crippen molar-refractivity contribution in [2.24, 2.45) is 0 Å². The number of rotatable bonds is 6. The van der Waals surface area contributed by atoms with Crippen molar-refractivity contribution in [2.45, 2.75) is 18.9 Å². The van der Waals surface area contributed by atoms with Crippen molar-refractivity contribution >= 4 is 5.91 Å². The number of aromatic nitrogens is 2. The molecule has 0 aliphatic carbocycles.